The first-order chi connectivity index (χ1) is 9.61. The second-order valence-corrected chi connectivity index (χ2v) is 6.04. The molecule has 1 amide bonds. The maximum absolute atomic E-state index is 12.6. The molecule has 0 saturated carbocycles. The van der Waals surface area contributed by atoms with Gasteiger partial charge in [-0.2, -0.15) is 0 Å². The molecule has 20 heavy (non-hydrogen) atoms. The van der Waals surface area contributed by atoms with Gasteiger partial charge in [0.1, 0.15) is 0 Å². The van der Waals surface area contributed by atoms with Crippen molar-refractivity contribution in [3.63, 3.8) is 0 Å². The fraction of sp³-hybridized carbons (Fsp3) is 0.200. The van der Waals surface area contributed by atoms with Gasteiger partial charge in [0.2, 0.25) is 0 Å². The predicted molar refractivity (Wildman–Crippen MR) is 83.2 cm³/mol. The van der Waals surface area contributed by atoms with Gasteiger partial charge in [0, 0.05) is 21.3 Å². The number of benzene rings is 1. The molecule has 3 rings (SSSR count). The quantitative estimate of drug-likeness (QED) is 0.791. The summed E-state index contributed by atoms with van der Waals surface area (Å²) in [6.07, 6.45) is 4.24. The summed E-state index contributed by atoms with van der Waals surface area (Å²) in [7, 11) is 0. The number of fused-ring (bicyclic) bond motifs is 1. The molecule has 0 aliphatic carbocycles. The maximum atomic E-state index is 12.6. The van der Waals surface area contributed by atoms with Gasteiger partial charge in [0.25, 0.3) is 5.91 Å². The van der Waals surface area contributed by atoms with Gasteiger partial charge in [-0.05, 0) is 52.2 Å². The Morgan fingerprint density at radius 1 is 1.35 bits per heavy atom. The molecule has 0 radical (unpaired) electrons. The Morgan fingerprint density at radius 2 is 2.15 bits per heavy atom. The normalized spacial score (nSPS) is 17.4. The van der Waals surface area contributed by atoms with Crippen LogP contribution in [-0.4, -0.2) is 10.9 Å². The summed E-state index contributed by atoms with van der Waals surface area (Å²) >= 11 is 9.46. The fourth-order valence-electron chi connectivity index (χ4n) is 2.65. The third-order valence-corrected chi connectivity index (χ3v) is 4.16. The lowest BCUT2D eigenvalue weighted by atomic mass is 10.0. The van der Waals surface area contributed by atoms with E-state index in [0.29, 0.717) is 5.02 Å². The third kappa shape index (κ3) is 2.13. The van der Waals surface area contributed by atoms with Crippen LogP contribution in [0.15, 0.2) is 41.1 Å². The third-order valence-electron chi connectivity index (χ3n) is 3.49. The first-order valence-electron chi connectivity index (χ1n) is 6.35. The molecule has 5 heteroatoms. The molecule has 1 atom stereocenters. The molecular weight excluding hydrogens is 340 g/mol. The van der Waals surface area contributed by atoms with Crippen molar-refractivity contribution >= 4 is 39.1 Å². The molecule has 0 fully saturated rings. The van der Waals surface area contributed by atoms with Gasteiger partial charge in [0.05, 0.1) is 17.9 Å². The van der Waals surface area contributed by atoms with Crippen LogP contribution in [0.4, 0.5) is 5.69 Å². The first kappa shape index (κ1) is 13.6. The van der Waals surface area contributed by atoms with E-state index in [0.717, 1.165) is 27.7 Å². The number of carbonyl (C=O) groups excluding carboxylic acids is 1. The van der Waals surface area contributed by atoms with Gasteiger partial charge in [-0.15, -0.1) is 0 Å². The summed E-state index contributed by atoms with van der Waals surface area (Å²) in [6, 6.07) is 7.35. The average molecular weight is 352 g/mol. The standard InChI is InChI=1S/C15H12BrClN2O/c1-2-14-13-6-10(17)3-4-12(13)15(20)19(14)11-5-9(16)7-18-8-11/h3-8,14H,2H2,1H3. The van der Waals surface area contributed by atoms with E-state index < -0.39 is 0 Å². The van der Waals surface area contributed by atoms with Crippen molar-refractivity contribution in [2.45, 2.75) is 19.4 Å². The highest BCUT2D eigenvalue weighted by atomic mass is 79.9. The van der Waals surface area contributed by atoms with E-state index in [2.05, 4.69) is 27.8 Å². The zero-order valence-corrected chi connectivity index (χ0v) is 13.1. The van der Waals surface area contributed by atoms with E-state index in [1.807, 2.05) is 12.1 Å². The smallest absolute Gasteiger partial charge is 0.259 e. The lowest BCUT2D eigenvalue weighted by Crippen LogP contribution is -2.27. The number of halogens is 2. The number of aromatic nitrogens is 1. The van der Waals surface area contributed by atoms with Crippen LogP contribution in [0.3, 0.4) is 0 Å². The van der Waals surface area contributed by atoms with E-state index in [-0.39, 0.29) is 11.9 Å². The van der Waals surface area contributed by atoms with E-state index in [1.165, 1.54) is 0 Å². The summed E-state index contributed by atoms with van der Waals surface area (Å²) in [6.45, 7) is 2.06. The molecule has 102 valence electrons. The zero-order chi connectivity index (χ0) is 14.3. The Bertz CT molecular complexity index is 689. The molecule has 1 unspecified atom stereocenters. The van der Waals surface area contributed by atoms with Gasteiger partial charge >= 0.3 is 0 Å². The van der Waals surface area contributed by atoms with E-state index in [9.17, 15) is 4.79 Å². The predicted octanol–water partition coefficient (Wildman–Crippen LogP) is 4.61. The van der Waals surface area contributed by atoms with Crippen LogP contribution in [0.1, 0.15) is 35.3 Å². The minimum Gasteiger partial charge on any atom is -0.299 e. The Hall–Kier alpha value is -1.39. The monoisotopic (exact) mass is 350 g/mol. The van der Waals surface area contributed by atoms with Crippen LogP contribution in [-0.2, 0) is 0 Å². The number of anilines is 1. The molecule has 3 nitrogen and oxygen atoms in total. The van der Waals surface area contributed by atoms with Crippen molar-refractivity contribution < 1.29 is 4.79 Å². The van der Waals surface area contributed by atoms with Gasteiger partial charge in [-0.1, -0.05) is 18.5 Å². The zero-order valence-electron chi connectivity index (χ0n) is 10.8. The van der Waals surface area contributed by atoms with Crippen LogP contribution in [0.25, 0.3) is 0 Å². The molecule has 0 spiro atoms. The van der Waals surface area contributed by atoms with Crippen molar-refractivity contribution in [3.05, 3.63) is 57.3 Å². The van der Waals surface area contributed by atoms with Gasteiger partial charge < -0.3 is 0 Å². The van der Waals surface area contributed by atoms with E-state index in [4.69, 9.17) is 11.6 Å². The second-order valence-electron chi connectivity index (χ2n) is 4.69. The Balaban J connectivity index is 2.12. The average Bonchev–Trinajstić information content (AvgIpc) is 2.70. The Kier molecular flexibility index (Phi) is 3.52. The van der Waals surface area contributed by atoms with E-state index >= 15 is 0 Å². The molecule has 2 heterocycles. The summed E-state index contributed by atoms with van der Waals surface area (Å²) < 4.78 is 0.853. The summed E-state index contributed by atoms with van der Waals surface area (Å²) in [5.41, 5.74) is 2.51. The van der Waals surface area contributed by atoms with Crippen molar-refractivity contribution in [3.8, 4) is 0 Å². The molecule has 0 bridgehead atoms. The van der Waals surface area contributed by atoms with Crippen LogP contribution in [0, 0.1) is 0 Å². The Labute approximate surface area is 130 Å². The van der Waals surface area contributed by atoms with Crippen molar-refractivity contribution in [2.75, 3.05) is 4.90 Å². The van der Waals surface area contributed by atoms with Crippen molar-refractivity contribution in [1.82, 2.24) is 4.98 Å². The fourth-order valence-corrected chi connectivity index (χ4v) is 3.18. The highest BCUT2D eigenvalue weighted by Gasteiger charge is 2.36. The number of hydrogen-bond acceptors (Lipinski definition) is 2. The summed E-state index contributed by atoms with van der Waals surface area (Å²) in [4.78, 5) is 18.6. The number of pyridine rings is 1. The molecule has 1 aliphatic heterocycles. The summed E-state index contributed by atoms with van der Waals surface area (Å²) in [5.74, 6) is 0.00316. The van der Waals surface area contributed by atoms with Crippen molar-refractivity contribution in [2.24, 2.45) is 0 Å². The van der Waals surface area contributed by atoms with Crippen molar-refractivity contribution in [1.29, 1.82) is 0 Å². The molecule has 1 aromatic carbocycles. The van der Waals surface area contributed by atoms with Crippen LogP contribution < -0.4 is 4.90 Å². The molecule has 1 aromatic heterocycles. The lowest BCUT2D eigenvalue weighted by Gasteiger charge is -2.24. The Morgan fingerprint density at radius 3 is 2.85 bits per heavy atom. The number of hydrogen-bond donors (Lipinski definition) is 0. The maximum Gasteiger partial charge on any atom is 0.259 e. The SMILES string of the molecule is CCC1c2cc(Cl)ccc2C(=O)N1c1cncc(Br)c1. The van der Waals surface area contributed by atoms with Crippen LogP contribution in [0.2, 0.25) is 5.02 Å². The minimum atomic E-state index is 0.00316. The molecule has 2 aromatic rings. The molecule has 1 aliphatic rings. The number of amides is 1. The molecular formula is C15H12BrClN2O. The largest absolute Gasteiger partial charge is 0.299 e. The lowest BCUT2D eigenvalue weighted by molar-refractivity contribution is 0.0990. The van der Waals surface area contributed by atoms with Gasteiger partial charge in [0.15, 0.2) is 0 Å². The van der Waals surface area contributed by atoms with Gasteiger partial charge in [-0.25, -0.2) is 0 Å². The number of rotatable bonds is 2. The number of carbonyl (C=O) groups is 1. The van der Waals surface area contributed by atoms with Crippen LogP contribution in [0.5, 0.6) is 0 Å². The number of nitrogens with zero attached hydrogens (tertiary/aromatic N) is 2. The van der Waals surface area contributed by atoms with Crippen LogP contribution >= 0.6 is 27.5 Å². The minimum absolute atomic E-state index is 0.00316. The summed E-state index contributed by atoms with van der Waals surface area (Å²) in [5, 5.41) is 0.657. The van der Waals surface area contributed by atoms with Gasteiger partial charge in [-0.3, -0.25) is 14.7 Å². The second kappa shape index (κ2) is 5.19. The molecule has 0 saturated heterocycles. The molecule has 0 N–H and O–H groups in total. The topological polar surface area (TPSA) is 33.2 Å². The first-order valence-corrected chi connectivity index (χ1v) is 7.52. The highest BCUT2D eigenvalue weighted by Crippen LogP contribution is 2.40. The van der Waals surface area contributed by atoms with E-state index in [1.54, 1.807) is 29.4 Å². The highest BCUT2D eigenvalue weighted by molar-refractivity contribution is 9.10.